The van der Waals surface area contributed by atoms with E-state index in [2.05, 4.69) is 23.7 Å². The van der Waals surface area contributed by atoms with Gasteiger partial charge in [0.2, 0.25) is 0 Å². The maximum Gasteiger partial charge on any atom is 0.251 e. The summed E-state index contributed by atoms with van der Waals surface area (Å²) < 4.78 is 2.18. The monoisotopic (exact) mass is 322 g/mol. The van der Waals surface area contributed by atoms with E-state index in [9.17, 15) is 9.90 Å². The topological polar surface area (TPSA) is 54.3 Å². The molecule has 3 aromatic rings. The number of aromatic nitrogens is 1. The fourth-order valence-corrected chi connectivity index (χ4v) is 2.92. The van der Waals surface area contributed by atoms with Crippen molar-refractivity contribution in [2.24, 2.45) is 0 Å². The van der Waals surface area contributed by atoms with Gasteiger partial charge in [-0.3, -0.25) is 4.79 Å². The lowest BCUT2D eigenvalue weighted by Crippen LogP contribution is -2.30. The number of rotatable bonds is 5. The van der Waals surface area contributed by atoms with Crippen molar-refractivity contribution in [1.29, 1.82) is 0 Å². The molecule has 1 aromatic heterocycles. The summed E-state index contributed by atoms with van der Waals surface area (Å²) in [5, 5.41) is 13.5. The molecule has 2 aromatic carbocycles. The molecule has 0 fully saturated rings. The quantitative estimate of drug-likeness (QED) is 0.753. The Morgan fingerprint density at radius 3 is 2.54 bits per heavy atom. The fourth-order valence-electron chi connectivity index (χ4n) is 2.92. The average molecular weight is 322 g/mol. The molecule has 0 saturated heterocycles. The summed E-state index contributed by atoms with van der Waals surface area (Å²) in [7, 11) is 0. The molecule has 0 aliphatic carbocycles. The number of carbonyl (C=O) groups excluding carboxylic acids is 1. The minimum atomic E-state index is -0.408. The number of nitrogens with zero attached hydrogens (tertiary/aromatic N) is 1. The van der Waals surface area contributed by atoms with Crippen LogP contribution in [0.2, 0.25) is 0 Å². The molecule has 2 N–H and O–H groups in total. The van der Waals surface area contributed by atoms with Gasteiger partial charge in [-0.25, -0.2) is 0 Å². The second kappa shape index (κ2) is 6.89. The molecule has 24 heavy (non-hydrogen) atoms. The van der Waals surface area contributed by atoms with E-state index in [-0.39, 0.29) is 12.5 Å². The van der Waals surface area contributed by atoms with E-state index in [1.54, 1.807) is 0 Å². The van der Waals surface area contributed by atoms with Gasteiger partial charge in [-0.1, -0.05) is 30.3 Å². The minimum Gasteiger partial charge on any atom is -0.394 e. The third-order valence-electron chi connectivity index (χ3n) is 4.23. The molecule has 4 nitrogen and oxygen atoms in total. The Bertz CT molecular complexity index is 837. The van der Waals surface area contributed by atoms with E-state index in [1.165, 1.54) is 0 Å². The zero-order valence-corrected chi connectivity index (χ0v) is 13.9. The van der Waals surface area contributed by atoms with Gasteiger partial charge in [-0.05, 0) is 43.7 Å². The number of amides is 1. The molecule has 0 radical (unpaired) electrons. The normalized spacial score (nSPS) is 12.5. The number of carbonyl (C=O) groups is 1. The van der Waals surface area contributed by atoms with Crippen molar-refractivity contribution in [1.82, 2.24) is 9.88 Å². The van der Waals surface area contributed by atoms with Crippen LogP contribution in [0, 0.1) is 0 Å². The number of nitrogens with one attached hydrogen (secondary N) is 1. The molecule has 0 saturated carbocycles. The largest absolute Gasteiger partial charge is 0.394 e. The lowest BCUT2D eigenvalue weighted by Gasteiger charge is -2.17. The highest BCUT2D eigenvalue weighted by Crippen LogP contribution is 2.22. The summed E-state index contributed by atoms with van der Waals surface area (Å²) in [5.74, 6) is -0.183. The van der Waals surface area contributed by atoms with Gasteiger partial charge >= 0.3 is 0 Å². The number of fused-ring (bicyclic) bond motifs is 1. The summed E-state index contributed by atoms with van der Waals surface area (Å²) in [6.07, 6.45) is 2.04. The first-order valence-corrected chi connectivity index (χ1v) is 8.17. The van der Waals surface area contributed by atoms with Crippen LogP contribution in [-0.2, 0) is 0 Å². The maximum absolute atomic E-state index is 12.5. The molecule has 0 spiro atoms. The zero-order chi connectivity index (χ0) is 17.1. The Balaban J connectivity index is 1.83. The van der Waals surface area contributed by atoms with Crippen molar-refractivity contribution >= 4 is 16.8 Å². The molecule has 3 rings (SSSR count). The Hall–Kier alpha value is -2.59. The van der Waals surface area contributed by atoms with Gasteiger partial charge in [0, 0.05) is 28.7 Å². The predicted octanol–water partition coefficient (Wildman–Crippen LogP) is 3.69. The van der Waals surface area contributed by atoms with E-state index in [0.29, 0.717) is 11.6 Å². The van der Waals surface area contributed by atoms with Crippen molar-refractivity contribution in [2.45, 2.75) is 25.9 Å². The maximum atomic E-state index is 12.5. The van der Waals surface area contributed by atoms with E-state index < -0.39 is 6.04 Å². The first kappa shape index (κ1) is 16.3. The van der Waals surface area contributed by atoms with Crippen LogP contribution in [0.3, 0.4) is 0 Å². The molecule has 1 amide bonds. The second-order valence-corrected chi connectivity index (χ2v) is 6.21. The Kier molecular flexibility index (Phi) is 4.67. The Morgan fingerprint density at radius 2 is 1.88 bits per heavy atom. The number of benzene rings is 2. The zero-order valence-electron chi connectivity index (χ0n) is 13.9. The van der Waals surface area contributed by atoms with Crippen molar-refractivity contribution in [3.63, 3.8) is 0 Å². The van der Waals surface area contributed by atoms with Crippen molar-refractivity contribution in [3.8, 4) is 0 Å². The summed E-state index contributed by atoms with van der Waals surface area (Å²) in [5.41, 5.74) is 2.60. The van der Waals surface area contributed by atoms with Crippen LogP contribution in [0.4, 0.5) is 0 Å². The molecular formula is C20H22N2O2. The molecule has 4 heteroatoms. The van der Waals surface area contributed by atoms with Crippen molar-refractivity contribution < 1.29 is 9.90 Å². The van der Waals surface area contributed by atoms with E-state index in [1.807, 2.05) is 60.8 Å². The van der Waals surface area contributed by atoms with Gasteiger partial charge in [0.25, 0.3) is 5.91 Å². The van der Waals surface area contributed by atoms with Gasteiger partial charge in [0.05, 0.1) is 12.6 Å². The molecular weight excluding hydrogens is 300 g/mol. The second-order valence-electron chi connectivity index (χ2n) is 6.21. The van der Waals surface area contributed by atoms with Crippen LogP contribution in [-0.4, -0.2) is 22.2 Å². The Morgan fingerprint density at radius 1 is 1.12 bits per heavy atom. The molecule has 0 aliphatic rings. The number of hydrogen-bond donors (Lipinski definition) is 2. The molecule has 124 valence electrons. The smallest absolute Gasteiger partial charge is 0.251 e. The van der Waals surface area contributed by atoms with Crippen LogP contribution in [0.5, 0.6) is 0 Å². The van der Waals surface area contributed by atoms with E-state index in [4.69, 9.17) is 0 Å². The highest BCUT2D eigenvalue weighted by Gasteiger charge is 2.15. The third kappa shape index (κ3) is 3.19. The fraction of sp³-hybridized carbons (Fsp3) is 0.250. The lowest BCUT2D eigenvalue weighted by molar-refractivity contribution is 0.0916. The van der Waals surface area contributed by atoms with Gasteiger partial charge < -0.3 is 15.0 Å². The highest BCUT2D eigenvalue weighted by atomic mass is 16.3. The van der Waals surface area contributed by atoms with Crippen LogP contribution < -0.4 is 5.32 Å². The summed E-state index contributed by atoms with van der Waals surface area (Å²) >= 11 is 0. The average Bonchev–Trinajstić information content (AvgIpc) is 3.03. The van der Waals surface area contributed by atoms with Gasteiger partial charge in [-0.2, -0.15) is 0 Å². The van der Waals surface area contributed by atoms with Crippen LogP contribution in [0.1, 0.15) is 41.9 Å². The van der Waals surface area contributed by atoms with Crippen molar-refractivity contribution in [2.75, 3.05) is 6.61 Å². The van der Waals surface area contributed by atoms with Crippen LogP contribution in [0.25, 0.3) is 10.9 Å². The van der Waals surface area contributed by atoms with E-state index >= 15 is 0 Å². The van der Waals surface area contributed by atoms with E-state index in [0.717, 1.165) is 16.5 Å². The van der Waals surface area contributed by atoms with Gasteiger partial charge in [-0.15, -0.1) is 0 Å². The summed E-state index contributed by atoms with van der Waals surface area (Å²) in [6.45, 7) is 4.12. The molecule has 0 unspecified atom stereocenters. The first-order chi connectivity index (χ1) is 11.6. The number of hydrogen-bond acceptors (Lipinski definition) is 2. The minimum absolute atomic E-state index is 0.137. The predicted molar refractivity (Wildman–Crippen MR) is 96.1 cm³/mol. The Labute approximate surface area is 141 Å². The molecule has 0 aliphatic heterocycles. The summed E-state index contributed by atoms with van der Waals surface area (Å²) in [6, 6.07) is 17.2. The van der Waals surface area contributed by atoms with Crippen LogP contribution >= 0.6 is 0 Å². The first-order valence-electron chi connectivity index (χ1n) is 8.17. The van der Waals surface area contributed by atoms with Crippen LogP contribution in [0.15, 0.2) is 60.8 Å². The standard InChI is InChI=1S/C20H22N2O2/c1-14(2)22-11-10-16-12-17(8-9-19(16)22)20(24)21-18(13-23)15-6-4-3-5-7-15/h3-12,14,18,23H,13H2,1-2H3,(H,21,24)/t18-/m1/s1. The third-order valence-corrected chi connectivity index (χ3v) is 4.23. The number of aliphatic hydroxyl groups is 1. The number of aliphatic hydroxyl groups excluding tert-OH is 1. The summed E-state index contributed by atoms with van der Waals surface area (Å²) in [4.78, 5) is 12.5. The highest BCUT2D eigenvalue weighted by molar-refractivity contribution is 5.98. The molecule has 0 bridgehead atoms. The molecule has 1 heterocycles. The lowest BCUT2D eigenvalue weighted by atomic mass is 10.1. The molecule has 1 atom stereocenters. The van der Waals surface area contributed by atoms with Crippen molar-refractivity contribution in [3.05, 3.63) is 71.9 Å². The van der Waals surface area contributed by atoms with Gasteiger partial charge in [0.15, 0.2) is 0 Å². The van der Waals surface area contributed by atoms with Gasteiger partial charge in [0.1, 0.15) is 0 Å². The SMILES string of the molecule is CC(C)n1ccc2cc(C(=O)N[C@H](CO)c3ccccc3)ccc21.